The van der Waals surface area contributed by atoms with Gasteiger partial charge in [-0.2, -0.15) is 5.10 Å². The number of fused-ring (bicyclic) bond motifs is 1. The number of hydrogen-bond donors (Lipinski definition) is 1. The van der Waals surface area contributed by atoms with Gasteiger partial charge < -0.3 is 10.1 Å². The molecule has 0 unspecified atom stereocenters. The SMILES string of the molecule is COCCNC(=O)c1cn2ncsc2n1. The highest BCUT2D eigenvalue weighted by atomic mass is 32.1. The molecule has 2 rings (SSSR count). The van der Waals surface area contributed by atoms with Crippen molar-refractivity contribution < 1.29 is 9.53 Å². The Kier molecular flexibility index (Phi) is 2.93. The van der Waals surface area contributed by atoms with E-state index in [9.17, 15) is 4.79 Å². The first-order valence-corrected chi connectivity index (χ1v) is 5.25. The van der Waals surface area contributed by atoms with Crippen molar-refractivity contribution in [1.29, 1.82) is 0 Å². The molecule has 0 saturated heterocycles. The van der Waals surface area contributed by atoms with Crippen LogP contribution in [0.3, 0.4) is 0 Å². The quantitative estimate of drug-likeness (QED) is 0.754. The van der Waals surface area contributed by atoms with E-state index in [-0.39, 0.29) is 5.91 Å². The van der Waals surface area contributed by atoms with E-state index in [0.29, 0.717) is 23.8 Å². The number of carbonyl (C=O) groups is 1. The van der Waals surface area contributed by atoms with E-state index in [1.807, 2.05) is 0 Å². The minimum absolute atomic E-state index is 0.204. The summed E-state index contributed by atoms with van der Waals surface area (Å²) in [5.41, 5.74) is 2.06. The zero-order valence-corrected chi connectivity index (χ0v) is 8.95. The third kappa shape index (κ3) is 2.13. The fraction of sp³-hybridized carbons (Fsp3) is 0.375. The summed E-state index contributed by atoms with van der Waals surface area (Å²) in [7, 11) is 1.59. The highest BCUT2D eigenvalue weighted by Gasteiger charge is 2.10. The average molecular weight is 226 g/mol. The van der Waals surface area contributed by atoms with Crippen LogP contribution in [0.25, 0.3) is 4.96 Å². The van der Waals surface area contributed by atoms with Crippen LogP contribution in [-0.4, -0.2) is 40.8 Å². The predicted octanol–water partition coefficient (Wildman–Crippen LogP) is 0.167. The summed E-state index contributed by atoms with van der Waals surface area (Å²) in [6, 6.07) is 0. The van der Waals surface area contributed by atoms with Crippen molar-refractivity contribution in [3.8, 4) is 0 Å². The van der Waals surface area contributed by atoms with Crippen LogP contribution in [-0.2, 0) is 4.74 Å². The van der Waals surface area contributed by atoms with Crippen molar-refractivity contribution in [2.45, 2.75) is 0 Å². The van der Waals surface area contributed by atoms with Crippen molar-refractivity contribution in [1.82, 2.24) is 19.9 Å². The molecular formula is C8H10N4O2S. The van der Waals surface area contributed by atoms with Crippen LogP contribution in [0.2, 0.25) is 0 Å². The Balaban J connectivity index is 2.04. The van der Waals surface area contributed by atoms with Gasteiger partial charge in [0.2, 0.25) is 4.96 Å². The van der Waals surface area contributed by atoms with E-state index in [2.05, 4.69) is 15.4 Å². The van der Waals surface area contributed by atoms with Crippen molar-refractivity contribution >= 4 is 22.2 Å². The van der Waals surface area contributed by atoms with Crippen LogP contribution in [0.5, 0.6) is 0 Å². The zero-order valence-electron chi connectivity index (χ0n) is 8.14. The summed E-state index contributed by atoms with van der Waals surface area (Å²) in [6.45, 7) is 0.972. The van der Waals surface area contributed by atoms with Gasteiger partial charge in [0.25, 0.3) is 5.91 Å². The molecule has 2 aromatic rings. The van der Waals surface area contributed by atoms with Gasteiger partial charge in [0.05, 0.1) is 12.8 Å². The van der Waals surface area contributed by atoms with E-state index in [4.69, 9.17) is 4.74 Å². The molecule has 15 heavy (non-hydrogen) atoms. The number of nitrogens with zero attached hydrogens (tertiary/aromatic N) is 3. The monoisotopic (exact) mass is 226 g/mol. The van der Waals surface area contributed by atoms with Crippen molar-refractivity contribution in [3.63, 3.8) is 0 Å². The molecule has 0 bridgehead atoms. The number of carbonyl (C=O) groups excluding carboxylic acids is 1. The maximum absolute atomic E-state index is 11.5. The van der Waals surface area contributed by atoms with E-state index in [1.54, 1.807) is 23.3 Å². The highest BCUT2D eigenvalue weighted by Crippen LogP contribution is 2.08. The van der Waals surface area contributed by atoms with E-state index < -0.39 is 0 Å². The minimum Gasteiger partial charge on any atom is -0.383 e. The third-order valence-corrected chi connectivity index (χ3v) is 2.50. The van der Waals surface area contributed by atoms with Crippen LogP contribution in [0.1, 0.15) is 10.5 Å². The fourth-order valence-electron chi connectivity index (χ4n) is 1.11. The Morgan fingerprint density at radius 1 is 1.73 bits per heavy atom. The number of amides is 1. The van der Waals surface area contributed by atoms with Gasteiger partial charge >= 0.3 is 0 Å². The summed E-state index contributed by atoms with van der Waals surface area (Å²) >= 11 is 1.39. The number of imidazole rings is 1. The minimum atomic E-state index is -0.204. The van der Waals surface area contributed by atoms with Gasteiger partial charge in [-0.05, 0) is 0 Å². The summed E-state index contributed by atoms with van der Waals surface area (Å²) in [6.07, 6.45) is 1.61. The number of hydrogen-bond acceptors (Lipinski definition) is 5. The van der Waals surface area contributed by atoms with E-state index >= 15 is 0 Å². The van der Waals surface area contributed by atoms with Crippen molar-refractivity contribution in [3.05, 3.63) is 17.4 Å². The predicted molar refractivity (Wildman–Crippen MR) is 55.1 cm³/mol. The molecule has 0 aromatic carbocycles. The second-order valence-electron chi connectivity index (χ2n) is 2.84. The first kappa shape index (κ1) is 10.1. The largest absolute Gasteiger partial charge is 0.383 e. The lowest BCUT2D eigenvalue weighted by Gasteiger charge is -2.00. The highest BCUT2D eigenvalue weighted by molar-refractivity contribution is 7.14. The molecule has 80 valence electrons. The molecule has 0 aliphatic heterocycles. The third-order valence-electron chi connectivity index (χ3n) is 1.81. The van der Waals surface area contributed by atoms with Crippen LogP contribution in [0, 0.1) is 0 Å². The van der Waals surface area contributed by atoms with E-state index in [0.717, 1.165) is 0 Å². The Morgan fingerprint density at radius 2 is 2.60 bits per heavy atom. The van der Waals surface area contributed by atoms with Crippen LogP contribution in [0.15, 0.2) is 11.7 Å². The lowest BCUT2D eigenvalue weighted by atomic mass is 10.4. The average Bonchev–Trinajstić information content (AvgIpc) is 2.76. The van der Waals surface area contributed by atoms with Crippen LogP contribution in [0.4, 0.5) is 0 Å². The fourth-order valence-corrected chi connectivity index (χ4v) is 1.71. The van der Waals surface area contributed by atoms with Gasteiger partial charge in [-0.25, -0.2) is 9.50 Å². The number of nitrogens with one attached hydrogen (secondary N) is 1. The topological polar surface area (TPSA) is 68.5 Å². The lowest BCUT2D eigenvalue weighted by molar-refractivity contribution is 0.0932. The number of aromatic nitrogens is 3. The molecule has 0 saturated carbocycles. The van der Waals surface area contributed by atoms with Gasteiger partial charge in [0.1, 0.15) is 11.2 Å². The normalized spacial score (nSPS) is 10.7. The smallest absolute Gasteiger partial charge is 0.271 e. The van der Waals surface area contributed by atoms with Gasteiger partial charge in [-0.1, -0.05) is 11.3 Å². The molecule has 1 N–H and O–H groups in total. The molecule has 6 nitrogen and oxygen atoms in total. The lowest BCUT2D eigenvalue weighted by Crippen LogP contribution is -2.27. The number of rotatable bonds is 4. The summed E-state index contributed by atoms with van der Waals surface area (Å²) < 4.78 is 6.40. The Morgan fingerprint density at radius 3 is 3.33 bits per heavy atom. The molecule has 0 aliphatic rings. The van der Waals surface area contributed by atoms with Gasteiger partial charge in [-0.3, -0.25) is 4.79 Å². The van der Waals surface area contributed by atoms with Gasteiger partial charge in [-0.15, -0.1) is 0 Å². The molecule has 2 heterocycles. The molecule has 1 amide bonds. The van der Waals surface area contributed by atoms with Crippen LogP contribution < -0.4 is 5.32 Å². The molecule has 7 heteroatoms. The molecular weight excluding hydrogens is 216 g/mol. The maximum Gasteiger partial charge on any atom is 0.271 e. The van der Waals surface area contributed by atoms with Crippen molar-refractivity contribution in [2.24, 2.45) is 0 Å². The second kappa shape index (κ2) is 4.37. The van der Waals surface area contributed by atoms with Crippen LogP contribution >= 0.6 is 11.3 Å². The summed E-state index contributed by atoms with van der Waals surface area (Å²) in [4.78, 5) is 16.4. The Labute approximate surface area is 89.9 Å². The Hall–Kier alpha value is -1.47. The Bertz CT molecular complexity index is 435. The van der Waals surface area contributed by atoms with Gasteiger partial charge in [0, 0.05) is 13.7 Å². The first-order chi connectivity index (χ1) is 7.31. The molecule has 0 aliphatic carbocycles. The maximum atomic E-state index is 11.5. The molecule has 0 atom stereocenters. The molecule has 2 aromatic heterocycles. The standard InChI is InChI=1S/C8H10N4O2S/c1-14-3-2-9-7(13)6-4-12-8(11-6)15-5-10-12/h4-5H,2-3H2,1H3,(H,9,13). The molecule has 0 radical (unpaired) electrons. The first-order valence-electron chi connectivity index (χ1n) is 4.37. The molecule has 0 fully saturated rings. The van der Waals surface area contributed by atoms with Crippen molar-refractivity contribution in [2.75, 3.05) is 20.3 Å². The van der Waals surface area contributed by atoms with Gasteiger partial charge in [0.15, 0.2) is 0 Å². The number of methoxy groups -OCH3 is 1. The summed E-state index contributed by atoms with van der Waals surface area (Å²) in [5.74, 6) is -0.204. The second-order valence-corrected chi connectivity index (χ2v) is 3.65. The summed E-state index contributed by atoms with van der Waals surface area (Å²) in [5, 5.41) is 6.67. The zero-order chi connectivity index (χ0) is 10.7. The number of ether oxygens (including phenoxy) is 1. The van der Waals surface area contributed by atoms with E-state index in [1.165, 1.54) is 11.3 Å². The molecule has 0 spiro atoms.